The Labute approximate surface area is 107 Å². The Bertz CT molecular complexity index is 219. The summed E-state index contributed by atoms with van der Waals surface area (Å²) >= 11 is 0. The molecule has 0 heterocycles. The third-order valence-electron chi connectivity index (χ3n) is 4.16. The molecule has 0 aromatic carbocycles. The smallest absolute Gasteiger partial charge is 0.00966 e. The summed E-state index contributed by atoms with van der Waals surface area (Å²) < 4.78 is 0. The van der Waals surface area contributed by atoms with Gasteiger partial charge in [0.2, 0.25) is 0 Å². The normalized spacial score (nSPS) is 24.0. The Kier molecular flexibility index (Phi) is 4.87. The van der Waals surface area contributed by atoms with Gasteiger partial charge in [-0.05, 0) is 57.3 Å². The van der Waals surface area contributed by atoms with Gasteiger partial charge in [-0.15, -0.1) is 0 Å². The van der Waals surface area contributed by atoms with Crippen LogP contribution in [0.15, 0.2) is 0 Å². The lowest BCUT2D eigenvalue weighted by Crippen LogP contribution is -2.32. The monoisotopic (exact) mass is 238 g/mol. The number of hydrogen-bond acceptors (Lipinski definition) is 2. The van der Waals surface area contributed by atoms with E-state index in [4.69, 9.17) is 5.73 Å². The van der Waals surface area contributed by atoms with E-state index in [1.807, 2.05) is 0 Å². The standard InChI is InChI=1S/C15H30N2/c1-12(4-3-5-13(2)16)10-17(15-8-9-15)11-14-6-7-14/h12-15H,3-11,16H2,1-2H3. The van der Waals surface area contributed by atoms with E-state index >= 15 is 0 Å². The second-order valence-electron chi connectivity index (χ2n) is 6.64. The van der Waals surface area contributed by atoms with Crippen molar-refractivity contribution >= 4 is 0 Å². The minimum Gasteiger partial charge on any atom is -0.328 e. The molecule has 2 aliphatic carbocycles. The highest BCUT2D eigenvalue weighted by Gasteiger charge is 2.33. The summed E-state index contributed by atoms with van der Waals surface area (Å²) in [7, 11) is 0. The first-order valence-corrected chi connectivity index (χ1v) is 7.64. The Morgan fingerprint density at radius 2 is 1.82 bits per heavy atom. The van der Waals surface area contributed by atoms with E-state index in [2.05, 4.69) is 18.7 Å². The second kappa shape index (κ2) is 6.19. The van der Waals surface area contributed by atoms with Crippen molar-refractivity contribution in [3.63, 3.8) is 0 Å². The third-order valence-corrected chi connectivity index (χ3v) is 4.16. The molecule has 2 unspecified atom stereocenters. The number of nitrogens with two attached hydrogens (primary N) is 1. The third kappa shape index (κ3) is 5.39. The van der Waals surface area contributed by atoms with Gasteiger partial charge in [0.15, 0.2) is 0 Å². The predicted molar refractivity (Wildman–Crippen MR) is 74.0 cm³/mol. The molecule has 17 heavy (non-hydrogen) atoms. The van der Waals surface area contributed by atoms with E-state index in [1.165, 1.54) is 58.0 Å². The molecule has 0 saturated heterocycles. The van der Waals surface area contributed by atoms with Gasteiger partial charge >= 0.3 is 0 Å². The topological polar surface area (TPSA) is 29.3 Å². The molecule has 0 aliphatic heterocycles. The Morgan fingerprint density at radius 1 is 1.12 bits per heavy atom. The largest absolute Gasteiger partial charge is 0.328 e. The molecule has 2 saturated carbocycles. The van der Waals surface area contributed by atoms with Crippen molar-refractivity contribution < 1.29 is 0 Å². The lowest BCUT2D eigenvalue weighted by molar-refractivity contribution is 0.212. The molecule has 0 radical (unpaired) electrons. The molecule has 2 N–H and O–H groups in total. The Morgan fingerprint density at radius 3 is 2.35 bits per heavy atom. The average molecular weight is 238 g/mol. The number of rotatable bonds is 9. The van der Waals surface area contributed by atoms with Crippen LogP contribution in [0.1, 0.15) is 58.8 Å². The van der Waals surface area contributed by atoms with Crippen LogP contribution in [-0.4, -0.2) is 30.1 Å². The Hall–Kier alpha value is -0.0800. The molecule has 0 aromatic rings. The quantitative estimate of drug-likeness (QED) is 0.669. The van der Waals surface area contributed by atoms with Crippen LogP contribution in [-0.2, 0) is 0 Å². The molecule has 2 aliphatic rings. The first-order chi connectivity index (χ1) is 8.15. The maximum absolute atomic E-state index is 5.80. The van der Waals surface area contributed by atoms with Gasteiger partial charge in [-0.1, -0.05) is 13.3 Å². The molecule has 2 atom stereocenters. The molecule has 2 rings (SSSR count). The van der Waals surface area contributed by atoms with E-state index in [0.717, 1.165) is 17.9 Å². The van der Waals surface area contributed by atoms with E-state index < -0.39 is 0 Å². The summed E-state index contributed by atoms with van der Waals surface area (Å²) in [5.41, 5.74) is 5.80. The van der Waals surface area contributed by atoms with Crippen molar-refractivity contribution in [3.05, 3.63) is 0 Å². The molecule has 0 aromatic heterocycles. The molecule has 0 spiro atoms. The summed E-state index contributed by atoms with van der Waals surface area (Å²) in [6.45, 7) is 7.26. The van der Waals surface area contributed by atoms with Crippen LogP contribution in [0.2, 0.25) is 0 Å². The van der Waals surface area contributed by atoms with Crippen molar-refractivity contribution in [1.29, 1.82) is 0 Å². The predicted octanol–water partition coefficient (Wildman–Crippen LogP) is 3.01. The molecule has 2 fully saturated rings. The SMILES string of the molecule is CC(N)CCCC(C)CN(CC1CC1)C1CC1. The van der Waals surface area contributed by atoms with Crippen molar-refractivity contribution in [2.45, 2.75) is 70.9 Å². The molecule has 0 bridgehead atoms. The van der Waals surface area contributed by atoms with E-state index in [9.17, 15) is 0 Å². The molecular formula is C15H30N2. The fourth-order valence-electron chi connectivity index (χ4n) is 2.72. The van der Waals surface area contributed by atoms with Gasteiger partial charge in [0.05, 0.1) is 0 Å². The maximum Gasteiger partial charge on any atom is 0.00966 e. The minimum absolute atomic E-state index is 0.383. The zero-order valence-corrected chi connectivity index (χ0v) is 11.7. The van der Waals surface area contributed by atoms with Crippen molar-refractivity contribution in [3.8, 4) is 0 Å². The summed E-state index contributed by atoms with van der Waals surface area (Å²) in [5, 5.41) is 0. The average Bonchev–Trinajstić information content (AvgIpc) is 3.11. The summed E-state index contributed by atoms with van der Waals surface area (Å²) in [4.78, 5) is 2.79. The van der Waals surface area contributed by atoms with Gasteiger partial charge in [-0.25, -0.2) is 0 Å². The van der Waals surface area contributed by atoms with Crippen LogP contribution in [0.4, 0.5) is 0 Å². The molecule has 2 nitrogen and oxygen atoms in total. The molecular weight excluding hydrogens is 208 g/mol. The van der Waals surface area contributed by atoms with Gasteiger partial charge in [-0.3, -0.25) is 4.90 Å². The van der Waals surface area contributed by atoms with Crippen LogP contribution in [0.3, 0.4) is 0 Å². The minimum atomic E-state index is 0.383. The second-order valence-corrected chi connectivity index (χ2v) is 6.64. The van der Waals surface area contributed by atoms with Gasteiger partial charge in [-0.2, -0.15) is 0 Å². The maximum atomic E-state index is 5.80. The van der Waals surface area contributed by atoms with Crippen molar-refractivity contribution in [1.82, 2.24) is 4.90 Å². The van der Waals surface area contributed by atoms with Crippen LogP contribution in [0.25, 0.3) is 0 Å². The van der Waals surface area contributed by atoms with Crippen LogP contribution in [0.5, 0.6) is 0 Å². The summed E-state index contributed by atoms with van der Waals surface area (Å²) in [6.07, 6.45) is 9.75. The van der Waals surface area contributed by atoms with Gasteiger partial charge in [0.25, 0.3) is 0 Å². The van der Waals surface area contributed by atoms with Gasteiger partial charge in [0.1, 0.15) is 0 Å². The summed E-state index contributed by atoms with van der Waals surface area (Å²) in [5.74, 6) is 1.90. The highest BCUT2D eigenvalue weighted by molar-refractivity contribution is 4.88. The lowest BCUT2D eigenvalue weighted by Gasteiger charge is -2.25. The van der Waals surface area contributed by atoms with Crippen LogP contribution < -0.4 is 5.73 Å². The number of nitrogens with zero attached hydrogens (tertiary/aromatic N) is 1. The molecule has 0 amide bonds. The first-order valence-electron chi connectivity index (χ1n) is 7.64. The lowest BCUT2D eigenvalue weighted by atomic mass is 10.0. The number of hydrogen-bond donors (Lipinski definition) is 1. The van der Waals surface area contributed by atoms with Gasteiger partial charge < -0.3 is 5.73 Å². The highest BCUT2D eigenvalue weighted by atomic mass is 15.2. The molecule has 2 heteroatoms. The van der Waals surface area contributed by atoms with Crippen LogP contribution >= 0.6 is 0 Å². The van der Waals surface area contributed by atoms with Crippen molar-refractivity contribution in [2.24, 2.45) is 17.6 Å². The van der Waals surface area contributed by atoms with E-state index in [1.54, 1.807) is 0 Å². The zero-order chi connectivity index (χ0) is 12.3. The first kappa shape index (κ1) is 13.4. The van der Waals surface area contributed by atoms with Crippen LogP contribution in [0, 0.1) is 11.8 Å². The van der Waals surface area contributed by atoms with Gasteiger partial charge in [0, 0.05) is 25.2 Å². The zero-order valence-electron chi connectivity index (χ0n) is 11.7. The Balaban J connectivity index is 1.61. The fraction of sp³-hybridized carbons (Fsp3) is 1.00. The van der Waals surface area contributed by atoms with E-state index in [0.29, 0.717) is 6.04 Å². The van der Waals surface area contributed by atoms with E-state index in [-0.39, 0.29) is 0 Å². The summed E-state index contributed by atoms with van der Waals surface area (Å²) in [6, 6.07) is 1.33. The highest BCUT2D eigenvalue weighted by Crippen LogP contribution is 2.35. The van der Waals surface area contributed by atoms with Crippen molar-refractivity contribution in [2.75, 3.05) is 13.1 Å². The molecule has 100 valence electrons. The fourth-order valence-corrected chi connectivity index (χ4v) is 2.72.